The molecular weight excluding hydrogens is 338 g/mol. The lowest BCUT2D eigenvalue weighted by Gasteiger charge is -2.13. The molecule has 5 nitrogen and oxygen atoms in total. The van der Waals surface area contributed by atoms with Crippen molar-refractivity contribution in [2.45, 2.75) is 32.9 Å². The van der Waals surface area contributed by atoms with Gasteiger partial charge in [-0.25, -0.2) is 4.98 Å². The van der Waals surface area contributed by atoms with Crippen molar-refractivity contribution >= 4 is 0 Å². The minimum atomic E-state index is 0.715. The first-order valence-corrected chi connectivity index (χ1v) is 9.38. The Hall–Kier alpha value is -2.79. The highest BCUT2D eigenvalue weighted by Crippen LogP contribution is 2.28. The number of aromatic nitrogens is 2. The minimum absolute atomic E-state index is 0.715. The van der Waals surface area contributed by atoms with Gasteiger partial charge in [0.2, 0.25) is 0 Å². The highest BCUT2D eigenvalue weighted by Gasteiger charge is 2.06. The summed E-state index contributed by atoms with van der Waals surface area (Å²) in [6.07, 6.45) is 7.68. The van der Waals surface area contributed by atoms with E-state index in [0.29, 0.717) is 6.61 Å². The summed E-state index contributed by atoms with van der Waals surface area (Å²) in [5.41, 5.74) is 3.53. The Kier molecular flexibility index (Phi) is 6.88. The lowest BCUT2D eigenvalue weighted by molar-refractivity contribution is 0.288. The first kappa shape index (κ1) is 19.0. The number of benzene rings is 2. The van der Waals surface area contributed by atoms with E-state index in [1.165, 1.54) is 11.1 Å². The Morgan fingerprint density at radius 1 is 1.00 bits per heavy atom. The van der Waals surface area contributed by atoms with E-state index in [2.05, 4.69) is 53.6 Å². The van der Waals surface area contributed by atoms with Crippen LogP contribution in [0, 0.1) is 0 Å². The van der Waals surface area contributed by atoms with Crippen molar-refractivity contribution in [3.8, 4) is 17.2 Å². The quantitative estimate of drug-likeness (QED) is 0.543. The molecule has 0 fully saturated rings. The predicted molar refractivity (Wildman–Crippen MR) is 108 cm³/mol. The largest absolute Gasteiger partial charge is 0.493 e. The van der Waals surface area contributed by atoms with Crippen LogP contribution in [0.4, 0.5) is 0 Å². The van der Waals surface area contributed by atoms with Gasteiger partial charge < -0.3 is 19.4 Å². The molecule has 3 aromatic rings. The van der Waals surface area contributed by atoms with Gasteiger partial charge in [0.1, 0.15) is 0 Å². The highest BCUT2D eigenvalue weighted by atomic mass is 16.5. The third kappa shape index (κ3) is 5.34. The van der Waals surface area contributed by atoms with Gasteiger partial charge in [-0.2, -0.15) is 0 Å². The molecule has 0 aliphatic rings. The van der Waals surface area contributed by atoms with Crippen LogP contribution >= 0.6 is 0 Å². The van der Waals surface area contributed by atoms with E-state index in [9.17, 15) is 0 Å². The summed E-state index contributed by atoms with van der Waals surface area (Å²) in [5.74, 6) is 1.60. The Morgan fingerprint density at radius 3 is 2.48 bits per heavy atom. The Morgan fingerprint density at radius 2 is 1.78 bits per heavy atom. The van der Waals surface area contributed by atoms with Crippen LogP contribution in [0.25, 0.3) is 5.69 Å². The van der Waals surface area contributed by atoms with Crippen molar-refractivity contribution in [2.24, 2.45) is 0 Å². The molecule has 1 heterocycles. The van der Waals surface area contributed by atoms with Crippen molar-refractivity contribution in [3.63, 3.8) is 0 Å². The van der Waals surface area contributed by atoms with E-state index < -0.39 is 0 Å². The van der Waals surface area contributed by atoms with Crippen LogP contribution in [0.5, 0.6) is 11.5 Å². The Bertz CT molecular complexity index is 814. The summed E-state index contributed by atoms with van der Waals surface area (Å²) in [6.45, 7) is 4.45. The number of nitrogens with zero attached hydrogens (tertiary/aromatic N) is 2. The van der Waals surface area contributed by atoms with Crippen molar-refractivity contribution in [2.75, 3.05) is 13.7 Å². The third-order valence-corrected chi connectivity index (χ3v) is 4.38. The maximum atomic E-state index is 5.86. The Labute approximate surface area is 161 Å². The van der Waals surface area contributed by atoms with Crippen molar-refractivity contribution in [1.29, 1.82) is 0 Å². The first-order chi connectivity index (χ1) is 13.3. The molecule has 1 aromatic heterocycles. The Balaban J connectivity index is 1.54. The summed E-state index contributed by atoms with van der Waals surface area (Å²) >= 11 is 0. The zero-order valence-corrected chi connectivity index (χ0v) is 16.0. The van der Waals surface area contributed by atoms with Crippen molar-refractivity contribution in [3.05, 3.63) is 72.3 Å². The lowest BCUT2D eigenvalue weighted by atomic mass is 10.1. The molecule has 0 aliphatic heterocycles. The SMILES string of the molecule is CCCCOc1cc(CNCc2ccc(-n3ccnc3)cc2)ccc1OC. The first-order valence-electron chi connectivity index (χ1n) is 9.38. The van der Waals surface area contributed by atoms with Crippen LogP contribution in [0.15, 0.2) is 61.2 Å². The second-order valence-electron chi connectivity index (χ2n) is 6.43. The van der Waals surface area contributed by atoms with Crippen LogP contribution in [0.1, 0.15) is 30.9 Å². The van der Waals surface area contributed by atoms with E-state index >= 15 is 0 Å². The van der Waals surface area contributed by atoms with Crippen molar-refractivity contribution in [1.82, 2.24) is 14.9 Å². The van der Waals surface area contributed by atoms with E-state index in [1.807, 2.05) is 16.8 Å². The van der Waals surface area contributed by atoms with Crippen LogP contribution in [-0.2, 0) is 13.1 Å². The van der Waals surface area contributed by atoms with Crippen LogP contribution < -0.4 is 14.8 Å². The standard InChI is InChI=1S/C22H27N3O2/c1-3-4-13-27-22-14-19(7-10-21(22)26-2)16-24-15-18-5-8-20(9-6-18)25-12-11-23-17-25/h5-12,14,17,24H,3-4,13,15-16H2,1-2H3. The van der Waals surface area contributed by atoms with Gasteiger partial charge in [-0.1, -0.05) is 31.5 Å². The third-order valence-electron chi connectivity index (χ3n) is 4.38. The normalized spacial score (nSPS) is 10.7. The van der Waals surface area contributed by atoms with Gasteiger partial charge in [-0.15, -0.1) is 0 Å². The second-order valence-corrected chi connectivity index (χ2v) is 6.43. The fourth-order valence-electron chi connectivity index (χ4n) is 2.82. The van der Waals surface area contributed by atoms with E-state index in [4.69, 9.17) is 9.47 Å². The number of hydrogen-bond donors (Lipinski definition) is 1. The predicted octanol–water partition coefficient (Wildman–Crippen LogP) is 4.35. The minimum Gasteiger partial charge on any atom is -0.493 e. The van der Waals surface area contributed by atoms with E-state index in [0.717, 1.165) is 43.1 Å². The summed E-state index contributed by atoms with van der Waals surface area (Å²) < 4.78 is 13.3. The molecule has 0 saturated carbocycles. The maximum absolute atomic E-state index is 5.86. The molecule has 5 heteroatoms. The molecule has 0 amide bonds. The average Bonchev–Trinajstić information content (AvgIpc) is 3.24. The van der Waals surface area contributed by atoms with Gasteiger partial charge in [0.05, 0.1) is 20.0 Å². The fourth-order valence-corrected chi connectivity index (χ4v) is 2.82. The smallest absolute Gasteiger partial charge is 0.161 e. The van der Waals surface area contributed by atoms with Crippen molar-refractivity contribution < 1.29 is 9.47 Å². The van der Waals surface area contributed by atoms with Gasteiger partial charge in [0.15, 0.2) is 11.5 Å². The number of unbranched alkanes of at least 4 members (excludes halogenated alkanes) is 1. The number of hydrogen-bond acceptors (Lipinski definition) is 4. The molecule has 27 heavy (non-hydrogen) atoms. The molecule has 0 spiro atoms. The number of rotatable bonds is 10. The monoisotopic (exact) mass is 365 g/mol. The molecule has 1 N–H and O–H groups in total. The van der Waals surface area contributed by atoms with Gasteiger partial charge in [-0.3, -0.25) is 0 Å². The fraction of sp³-hybridized carbons (Fsp3) is 0.318. The summed E-state index contributed by atoms with van der Waals surface area (Å²) in [6, 6.07) is 14.6. The molecule has 142 valence electrons. The van der Waals surface area contributed by atoms with Gasteiger partial charge in [-0.05, 0) is 41.8 Å². The lowest BCUT2D eigenvalue weighted by Crippen LogP contribution is -2.13. The molecule has 0 radical (unpaired) electrons. The second kappa shape index (κ2) is 9.78. The van der Waals surface area contributed by atoms with E-state index in [1.54, 1.807) is 19.6 Å². The highest BCUT2D eigenvalue weighted by molar-refractivity contribution is 5.43. The number of ether oxygens (including phenoxy) is 2. The van der Waals surface area contributed by atoms with Gasteiger partial charge >= 0.3 is 0 Å². The number of nitrogens with one attached hydrogen (secondary N) is 1. The molecule has 0 atom stereocenters. The zero-order chi connectivity index (χ0) is 18.9. The molecule has 3 rings (SSSR count). The number of methoxy groups -OCH3 is 1. The molecule has 2 aromatic carbocycles. The van der Waals surface area contributed by atoms with Gasteiger partial charge in [0, 0.05) is 31.2 Å². The maximum Gasteiger partial charge on any atom is 0.161 e. The zero-order valence-electron chi connectivity index (χ0n) is 16.0. The molecule has 0 unspecified atom stereocenters. The summed E-state index contributed by atoms with van der Waals surface area (Å²) in [7, 11) is 1.67. The molecular formula is C22H27N3O2. The molecule has 0 saturated heterocycles. The average molecular weight is 365 g/mol. The number of imidazole rings is 1. The van der Waals surface area contributed by atoms with E-state index in [-0.39, 0.29) is 0 Å². The van der Waals surface area contributed by atoms with Crippen LogP contribution in [0.2, 0.25) is 0 Å². The van der Waals surface area contributed by atoms with Crippen LogP contribution in [0.3, 0.4) is 0 Å². The van der Waals surface area contributed by atoms with Crippen LogP contribution in [-0.4, -0.2) is 23.3 Å². The summed E-state index contributed by atoms with van der Waals surface area (Å²) in [5, 5.41) is 3.49. The summed E-state index contributed by atoms with van der Waals surface area (Å²) in [4.78, 5) is 4.08. The topological polar surface area (TPSA) is 48.3 Å². The molecule has 0 aliphatic carbocycles. The van der Waals surface area contributed by atoms with Gasteiger partial charge in [0.25, 0.3) is 0 Å². The molecule has 0 bridgehead atoms.